The average Bonchev–Trinajstić information content (AvgIpc) is 3.14. The van der Waals surface area contributed by atoms with Gasteiger partial charge in [0, 0.05) is 23.7 Å². The van der Waals surface area contributed by atoms with Crippen molar-refractivity contribution in [3.8, 4) is 11.6 Å². The number of fused-ring (bicyclic) bond motifs is 2. The van der Waals surface area contributed by atoms with Gasteiger partial charge < -0.3 is 9.64 Å². The third-order valence-corrected chi connectivity index (χ3v) is 6.02. The molecule has 162 valence electrons. The van der Waals surface area contributed by atoms with Crippen LogP contribution in [0.5, 0.6) is 5.88 Å². The molecule has 0 fully saturated rings. The number of aryl methyl sites for hydroxylation is 4. The monoisotopic (exact) mass is 426 g/mol. The van der Waals surface area contributed by atoms with Crippen molar-refractivity contribution in [1.82, 2.24) is 14.8 Å². The average molecular weight is 427 g/mol. The number of amides is 1. The zero-order valence-electron chi connectivity index (χ0n) is 18.6. The van der Waals surface area contributed by atoms with Crippen LogP contribution in [0.1, 0.15) is 28.8 Å². The number of para-hydroxylation sites is 1. The van der Waals surface area contributed by atoms with Gasteiger partial charge in [-0.05, 0) is 62.9 Å². The van der Waals surface area contributed by atoms with Gasteiger partial charge in [0.15, 0.2) is 12.3 Å². The lowest BCUT2D eigenvalue weighted by molar-refractivity contribution is -0.120. The number of hydrogen-bond acceptors (Lipinski definition) is 4. The number of carbonyl (C=O) groups is 1. The van der Waals surface area contributed by atoms with Gasteiger partial charge in [-0.3, -0.25) is 4.79 Å². The number of pyridine rings is 1. The lowest BCUT2D eigenvalue weighted by Gasteiger charge is -2.29. The van der Waals surface area contributed by atoms with Gasteiger partial charge in [0.2, 0.25) is 5.88 Å². The summed E-state index contributed by atoms with van der Waals surface area (Å²) in [4.78, 5) is 19.5. The van der Waals surface area contributed by atoms with Gasteiger partial charge in [-0.25, -0.2) is 4.68 Å². The predicted molar refractivity (Wildman–Crippen MR) is 126 cm³/mol. The van der Waals surface area contributed by atoms with Crippen molar-refractivity contribution in [2.75, 3.05) is 18.1 Å². The lowest BCUT2D eigenvalue weighted by Crippen LogP contribution is -2.38. The van der Waals surface area contributed by atoms with Crippen molar-refractivity contribution in [3.63, 3.8) is 0 Å². The molecule has 0 saturated heterocycles. The van der Waals surface area contributed by atoms with Gasteiger partial charge in [0.25, 0.3) is 5.91 Å². The Labute approximate surface area is 187 Å². The molecule has 0 unspecified atom stereocenters. The first-order valence-corrected chi connectivity index (χ1v) is 11.0. The van der Waals surface area contributed by atoms with Crippen LogP contribution in [0.2, 0.25) is 0 Å². The maximum absolute atomic E-state index is 13.0. The minimum absolute atomic E-state index is 0.0517. The van der Waals surface area contributed by atoms with Crippen molar-refractivity contribution in [2.24, 2.45) is 0 Å². The van der Waals surface area contributed by atoms with Crippen LogP contribution in [0, 0.1) is 20.8 Å². The van der Waals surface area contributed by atoms with Gasteiger partial charge in [0.05, 0.1) is 11.4 Å². The number of rotatable bonds is 4. The quantitative estimate of drug-likeness (QED) is 0.474. The molecule has 1 aliphatic heterocycles. The second kappa shape index (κ2) is 8.11. The third kappa shape index (κ3) is 3.62. The molecule has 3 heterocycles. The van der Waals surface area contributed by atoms with E-state index < -0.39 is 0 Å². The second-order valence-electron chi connectivity index (χ2n) is 8.38. The third-order valence-electron chi connectivity index (χ3n) is 6.02. The van der Waals surface area contributed by atoms with Crippen molar-refractivity contribution >= 4 is 22.6 Å². The van der Waals surface area contributed by atoms with E-state index in [1.165, 1.54) is 11.1 Å². The largest absolute Gasteiger partial charge is 0.467 e. The Morgan fingerprint density at radius 3 is 2.66 bits per heavy atom. The zero-order chi connectivity index (χ0) is 22.2. The highest BCUT2D eigenvalue weighted by atomic mass is 16.5. The lowest BCUT2D eigenvalue weighted by atomic mass is 10.0. The van der Waals surface area contributed by atoms with Crippen LogP contribution in [-0.2, 0) is 11.2 Å². The molecule has 1 amide bonds. The highest BCUT2D eigenvalue weighted by molar-refractivity contribution is 5.95. The molecule has 0 saturated carbocycles. The van der Waals surface area contributed by atoms with Gasteiger partial charge in [0.1, 0.15) is 0 Å². The molecule has 6 heteroatoms. The highest BCUT2D eigenvalue weighted by Crippen LogP contribution is 2.28. The first-order chi connectivity index (χ1) is 15.5. The molecule has 0 bridgehead atoms. The van der Waals surface area contributed by atoms with E-state index in [0.29, 0.717) is 12.4 Å². The van der Waals surface area contributed by atoms with Crippen LogP contribution in [-0.4, -0.2) is 33.8 Å². The van der Waals surface area contributed by atoms with Crippen LogP contribution in [0.25, 0.3) is 16.7 Å². The molecule has 0 atom stereocenters. The molecular weight excluding hydrogens is 400 g/mol. The Bertz CT molecular complexity index is 1310. The summed E-state index contributed by atoms with van der Waals surface area (Å²) in [5.41, 5.74) is 7.00. The first-order valence-electron chi connectivity index (χ1n) is 11.0. The van der Waals surface area contributed by atoms with E-state index in [2.05, 4.69) is 25.1 Å². The Hall–Kier alpha value is -3.67. The highest BCUT2D eigenvalue weighted by Gasteiger charge is 2.23. The molecule has 2 aromatic heterocycles. The number of nitrogens with zero attached hydrogens (tertiary/aromatic N) is 4. The standard InChI is InChI=1S/C26H26N4O2/c1-17-10-12-21(13-11-17)30-26-25(19(3)28-30)18(2)15-23(27-26)32-16-24(31)29-14-6-8-20-7-4-5-9-22(20)29/h4-5,7,9-13,15H,6,8,14,16H2,1-3H3. The Kier molecular flexibility index (Phi) is 5.13. The van der Waals surface area contributed by atoms with Gasteiger partial charge in [-0.1, -0.05) is 35.9 Å². The fraction of sp³-hybridized carbons (Fsp3) is 0.269. The normalized spacial score (nSPS) is 13.3. The van der Waals surface area contributed by atoms with Crippen LogP contribution >= 0.6 is 0 Å². The summed E-state index contributed by atoms with van der Waals surface area (Å²) in [5.74, 6) is 0.377. The summed E-state index contributed by atoms with van der Waals surface area (Å²) in [6.07, 6.45) is 1.96. The zero-order valence-corrected chi connectivity index (χ0v) is 18.6. The van der Waals surface area contributed by atoms with E-state index in [0.717, 1.165) is 46.5 Å². The smallest absolute Gasteiger partial charge is 0.264 e. The van der Waals surface area contributed by atoms with Crippen LogP contribution in [0.15, 0.2) is 54.6 Å². The predicted octanol–water partition coefficient (Wildman–Crippen LogP) is 4.70. The van der Waals surface area contributed by atoms with E-state index in [1.807, 2.05) is 59.8 Å². The number of hydrogen-bond donors (Lipinski definition) is 0. The van der Waals surface area contributed by atoms with Crippen molar-refractivity contribution < 1.29 is 9.53 Å². The fourth-order valence-corrected chi connectivity index (χ4v) is 4.42. The summed E-state index contributed by atoms with van der Waals surface area (Å²) >= 11 is 0. The summed E-state index contributed by atoms with van der Waals surface area (Å²) < 4.78 is 7.74. The number of aromatic nitrogens is 3. The number of benzene rings is 2. The molecule has 4 aromatic rings. The molecule has 5 rings (SSSR count). The minimum atomic E-state index is -0.0556. The Balaban J connectivity index is 1.42. The number of ether oxygens (including phenoxy) is 1. The van der Waals surface area contributed by atoms with E-state index in [9.17, 15) is 4.79 Å². The maximum atomic E-state index is 13.0. The molecular formula is C26H26N4O2. The van der Waals surface area contributed by atoms with Crippen LogP contribution in [0.4, 0.5) is 5.69 Å². The van der Waals surface area contributed by atoms with Gasteiger partial charge >= 0.3 is 0 Å². The van der Waals surface area contributed by atoms with Crippen LogP contribution < -0.4 is 9.64 Å². The van der Waals surface area contributed by atoms with Crippen molar-refractivity contribution in [3.05, 3.63) is 77.0 Å². The molecule has 0 aliphatic carbocycles. The molecule has 2 aromatic carbocycles. The molecule has 0 spiro atoms. The van der Waals surface area contributed by atoms with Crippen LogP contribution in [0.3, 0.4) is 0 Å². The van der Waals surface area contributed by atoms with Gasteiger partial charge in [-0.2, -0.15) is 10.1 Å². The van der Waals surface area contributed by atoms with E-state index in [-0.39, 0.29) is 12.5 Å². The van der Waals surface area contributed by atoms with Crippen molar-refractivity contribution in [2.45, 2.75) is 33.6 Å². The molecule has 0 N–H and O–H groups in total. The molecule has 1 aliphatic rings. The molecule has 32 heavy (non-hydrogen) atoms. The summed E-state index contributed by atoms with van der Waals surface area (Å²) in [6, 6.07) is 18.1. The van der Waals surface area contributed by atoms with E-state index in [1.54, 1.807) is 0 Å². The van der Waals surface area contributed by atoms with E-state index in [4.69, 9.17) is 14.8 Å². The van der Waals surface area contributed by atoms with Gasteiger partial charge in [-0.15, -0.1) is 0 Å². The second-order valence-corrected chi connectivity index (χ2v) is 8.38. The minimum Gasteiger partial charge on any atom is -0.467 e. The van der Waals surface area contributed by atoms with E-state index >= 15 is 0 Å². The Morgan fingerprint density at radius 2 is 1.84 bits per heavy atom. The Morgan fingerprint density at radius 1 is 1.06 bits per heavy atom. The first kappa shape index (κ1) is 20.2. The molecule has 6 nitrogen and oxygen atoms in total. The number of carbonyl (C=O) groups excluding carboxylic acids is 1. The SMILES string of the molecule is Cc1ccc(-n2nc(C)c3c(C)cc(OCC(=O)N4CCCc5ccccc54)nc32)cc1. The summed E-state index contributed by atoms with van der Waals surface area (Å²) in [5, 5.41) is 5.72. The fourth-order valence-electron chi connectivity index (χ4n) is 4.42. The summed E-state index contributed by atoms with van der Waals surface area (Å²) in [6.45, 7) is 6.73. The topological polar surface area (TPSA) is 60.3 Å². The van der Waals surface area contributed by atoms with Crippen molar-refractivity contribution in [1.29, 1.82) is 0 Å². The molecule has 0 radical (unpaired) electrons. The number of anilines is 1. The summed E-state index contributed by atoms with van der Waals surface area (Å²) in [7, 11) is 0. The maximum Gasteiger partial charge on any atom is 0.264 e.